The molecule has 0 aromatic carbocycles. The maximum absolute atomic E-state index is 13.3. The van der Waals surface area contributed by atoms with E-state index in [1.807, 2.05) is 10.6 Å². The van der Waals surface area contributed by atoms with Gasteiger partial charge in [-0.3, -0.25) is 9.59 Å². The standard InChI is InChI=1S/C24H37N3O4/c1-3-5-14-27-21-11-9-7-6-8-10-18(21)17-20(23(27)29)22(28)25-19-12-15-26(16-13-19)24(30)31-4-2/h17,19H,3-16H2,1-2H3,(H,25,28). The summed E-state index contributed by atoms with van der Waals surface area (Å²) in [5.41, 5.74) is 2.41. The lowest BCUT2D eigenvalue weighted by Gasteiger charge is -2.31. The second-order valence-electron chi connectivity index (χ2n) is 8.69. The van der Waals surface area contributed by atoms with E-state index in [2.05, 4.69) is 12.2 Å². The van der Waals surface area contributed by atoms with Gasteiger partial charge in [-0.25, -0.2) is 4.79 Å². The fourth-order valence-electron chi connectivity index (χ4n) is 4.63. The Balaban J connectivity index is 1.75. The minimum absolute atomic E-state index is 0.0383. The van der Waals surface area contributed by atoms with E-state index < -0.39 is 0 Å². The molecule has 2 amide bonds. The minimum atomic E-state index is -0.298. The highest BCUT2D eigenvalue weighted by molar-refractivity contribution is 5.94. The van der Waals surface area contributed by atoms with Crippen molar-refractivity contribution in [2.24, 2.45) is 0 Å². The van der Waals surface area contributed by atoms with Crippen molar-refractivity contribution >= 4 is 12.0 Å². The Morgan fingerprint density at radius 1 is 1.10 bits per heavy atom. The van der Waals surface area contributed by atoms with Gasteiger partial charge < -0.3 is 19.5 Å². The van der Waals surface area contributed by atoms with Crippen molar-refractivity contribution in [1.82, 2.24) is 14.8 Å². The largest absolute Gasteiger partial charge is 0.450 e. The molecule has 1 aromatic rings. The Kier molecular flexibility index (Phi) is 8.55. The van der Waals surface area contributed by atoms with Crippen molar-refractivity contribution in [3.8, 4) is 0 Å². The number of pyridine rings is 1. The van der Waals surface area contributed by atoms with E-state index in [1.165, 1.54) is 12.8 Å². The minimum Gasteiger partial charge on any atom is -0.450 e. The zero-order chi connectivity index (χ0) is 22.2. The van der Waals surface area contributed by atoms with Gasteiger partial charge in [0.25, 0.3) is 11.5 Å². The van der Waals surface area contributed by atoms with Crippen LogP contribution in [-0.4, -0.2) is 47.2 Å². The van der Waals surface area contributed by atoms with Gasteiger partial charge in [0.05, 0.1) is 6.61 Å². The van der Waals surface area contributed by atoms with Gasteiger partial charge in [-0.2, -0.15) is 0 Å². The molecule has 1 saturated heterocycles. The van der Waals surface area contributed by atoms with Gasteiger partial charge in [0.15, 0.2) is 0 Å². The van der Waals surface area contributed by atoms with E-state index in [4.69, 9.17) is 4.74 Å². The van der Waals surface area contributed by atoms with Gasteiger partial charge in [0, 0.05) is 31.4 Å². The number of amides is 2. The van der Waals surface area contributed by atoms with Crippen LogP contribution in [0.5, 0.6) is 0 Å². The number of hydrogen-bond acceptors (Lipinski definition) is 4. The molecule has 0 radical (unpaired) electrons. The zero-order valence-corrected chi connectivity index (χ0v) is 19.1. The average Bonchev–Trinajstić information content (AvgIpc) is 2.74. The molecule has 172 valence electrons. The molecule has 2 aliphatic rings. The fourth-order valence-corrected chi connectivity index (χ4v) is 4.63. The molecular formula is C24H37N3O4. The molecule has 1 fully saturated rings. The molecule has 1 aliphatic carbocycles. The predicted octanol–water partition coefficient (Wildman–Crippen LogP) is 3.66. The van der Waals surface area contributed by atoms with Gasteiger partial charge in [-0.1, -0.05) is 26.2 Å². The van der Waals surface area contributed by atoms with Gasteiger partial charge in [0.1, 0.15) is 5.56 Å². The topological polar surface area (TPSA) is 80.6 Å². The van der Waals surface area contributed by atoms with Gasteiger partial charge >= 0.3 is 6.09 Å². The van der Waals surface area contributed by atoms with Crippen molar-refractivity contribution in [3.63, 3.8) is 0 Å². The molecule has 31 heavy (non-hydrogen) atoms. The number of nitrogens with zero attached hydrogens (tertiary/aromatic N) is 2. The highest BCUT2D eigenvalue weighted by atomic mass is 16.6. The number of unbranched alkanes of at least 4 members (excludes halogenated alkanes) is 1. The number of aryl methyl sites for hydroxylation is 1. The molecule has 1 aliphatic heterocycles. The summed E-state index contributed by atoms with van der Waals surface area (Å²) in [6.07, 6.45) is 9.44. The number of nitrogens with one attached hydrogen (secondary N) is 1. The maximum Gasteiger partial charge on any atom is 0.409 e. The lowest BCUT2D eigenvalue weighted by molar-refractivity contribution is 0.0858. The molecular weight excluding hydrogens is 394 g/mol. The summed E-state index contributed by atoms with van der Waals surface area (Å²) in [6.45, 7) is 6.05. The van der Waals surface area contributed by atoms with Crippen LogP contribution >= 0.6 is 0 Å². The van der Waals surface area contributed by atoms with Gasteiger partial charge in [0.2, 0.25) is 0 Å². The fraction of sp³-hybridized carbons (Fsp3) is 0.708. The Bertz CT molecular complexity index is 825. The van der Waals surface area contributed by atoms with Crippen molar-refractivity contribution in [2.75, 3.05) is 19.7 Å². The van der Waals surface area contributed by atoms with Gasteiger partial charge in [-0.05, 0) is 63.5 Å². The monoisotopic (exact) mass is 431 g/mol. The summed E-state index contributed by atoms with van der Waals surface area (Å²) in [4.78, 5) is 39.9. The normalized spacial score (nSPS) is 17.4. The predicted molar refractivity (Wildman–Crippen MR) is 121 cm³/mol. The molecule has 1 aromatic heterocycles. The van der Waals surface area contributed by atoms with Crippen molar-refractivity contribution in [1.29, 1.82) is 0 Å². The average molecular weight is 432 g/mol. The summed E-state index contributed by atoms with van der Waals surface area (Å²) in [6, 6.07) is 1.82. The third-order valence-corrected chi connectivity index (χ3v) is 6.44. The maximum atomic E-state index is 13.3. The first kappa shape index (κ1) is 23.4. The van der Waals surface area contributed by atoms with E-state index in [1.54, 1.807) is 11.8 Å². The summed E-state index contributed by atoms with van der Waals surface area (Å²) in [5.74, 6) is -0.283. The molecule has 0 bridgehead atoms. The van der Waals surface area contributed by atoms with E-state index >= 15 is 0 Å². The quantitative estimate of drug-likeness (QED) is 0.745. The van der Waals surface area contributed by atoms with E-state index in [0.29, 0.717) is 39.1 Å². The number of aromatic nitrogens is 1. The molecule has 0 spiro atoms. The highest BCUT2D eigenvalue weighted by Gasteiger charge is 2.26. The summed E-state index contributed by atoms with van der Waals surface area (Å²) >= 11 is 0. The zero-order valence-electron chi connectivity index (χ0n) is 19.1. The number of hydrogen-bond donors (Lipinski definition) is 1. The Morgan fingerprint density at radius 3 is 2.48 bits per heavy atom. The molecule has 0 unspecified atom stereocenters. The van der Waals surface area contributed by atoms with Crippen LogP contribution in [0.3, 0.4) is 0 Å². The van der Waals surface area contributed by atoms with E-state index in [0.717, 1.165) is 49.8 Å². The summed E-state index contributed by atoms with van der Waals surface area (Å²) < 4.78 is 6.93. The molecule has 3 rings (SSSR count). The van der Waals surface area contributed by atoms with Gasteiger partial charge in [-0.15, -0.1) is 0 Å². The molecule has 0 atom stereocenters. The van der Waals surface area contributed by atoms with Crippen LogP contribution < -0.4 is 10.9 Å². The number of likely N-dealkylation sites (tertiary alicyclic amines) is 1. The SMILES string of the molecule is CCCCn1c2c(cc(C(=O)NC3CCN(C(=O)OCC)CC3)c1=O)CCCCCC2. The summed E-state index contributed by atoms with van der Waals surface area (Å²) in [7, 11) is 0. The number of carbonyl (C=O) groups is 2. The lowest BCUT2D eigenvalue weighted by Crippen LogP contribution is -2.47. The lowest BCUT2D eigenvalue weighted by atomic mass is 9.95. The second-order valence-corrected chi connectivity index (χ2v) is 8.69. The Morgan fingerprint density at radius 2 is 1.81 bits per heavy atom. The van der Waals surface area contributed by atoms with Crippen LogP contribution in [0.1, 0.15) is 86.8 Å². The highest BCUT2D eigenvalue weighted by Crippen LogP contribution is 2.21. The number of ether oxygens (including phenoxy) is 1. The third-order valence-electron chi connectivity index (χ3n) is 6.44. The molecule has 7 heteroatoms. The number of piperidine rings is 1. The number of carbonyl (C=O) groups excluding carboxylic acids is 2. The Labute approximate surface area is 185 Å². The van der Waals surface area contributed by atoms with Crippen LogP contribution in [0.25, 0.3) is 0 Å². The first-order chi connectivity index (χ1) is 15.0. The number of rotatable bonds is 6. The van der Waals surface area contributed by atoms with Crippen molar-refractivity contribution in [2.45, 2.75) is 90.6 Å². The van der Waals surface area contributed by atoms with Crippen LogP contribution in [0, 0.1) is 0 Å². The molecule has 7 nitrogen and oxygen atoms in total. The molecule has 0 saturated carbocycles. The molecule has 1 N–H and O–H groups in total. The third kappa shape index (κ3) is 5.89. The summed E-state index contributed by atoms with van der Waals surface area (Å²) in [5, 5.41) is 3.05. The Hall–Kier alpha value is -2.31. The van der Waals surface area contributed by atoms with E-state index in [-0.39, 0.29) is 29.2 Å². The smallest absolute Gasteiger partial charge is 0.409 e. The van der Waals surface area contributed by atoms with Crippen LogP contribution in [0.15, 0.2) is 10.9 Å². The second kappa shape index (κ2) is 11.3. The first-order valence-electron chi connectivity index (χ1n) is 12.0. The number of fused-ring (bicyclic) bond motifs is 1. The van der Waals surface area contributed by atoms with Crippen molar-refractivity contribution in [3.05, 3.63) is 33.2 Å². The molecule has 2 heterocycles. The van der Waals surface area contributed by atoms with Crippen LogP contribution in [0.4, 0.5) is 4.79 Å². The first-order valence-corrected chi connectivity index (χ1v) is 12.0. The van der Waals surface area contributed by atoms with Crippen LogP contribution in [0.2, 0.25) is 0 Å². The van der Waals surface area contributed by atoms with Crippen molar-refractivity contribution < 1.29 is 14.3 Å². The van der Waals surface area contributed by atoms with Crippen LogP contribution in [-0.2, 0) is 24.1 Å². The van der Waals surface area contributed by atoms with E-state index in [9.17, 15) is 14.4 Å².